The Hall–Kier alpha value is -2.37. The van der Waals surface area contributed by atoms with Crippen molar-refractivity contribution in [3.05, 3.63) is 44.5 Å². The molecule has 1 heterocycles. The van der Waals surface area contributed by atoms with Crippen LogP contribution in [-0.4, -0.2) is 20.6 Å². The molecule has 1 unspecified atom stereocenters. The topological polar surface area (TPSA) is 92.2 Å². The molecule has 0 saturated heterocycles. The highest BCUT2D eigenvalue weighted by atomic mass is 16.4. The zero-order valence-corrected chi connectivity index (χ0v) is 12.2. The van der Waals surface area contributed by atoms with Gasteiger partial charge >= 0.3 is 17.1 Å². The fourth-order valence-electron chi connectivity index (χ4n) is 2.15. The number of H-pyrrole nitrogens is 1. The molecule has 0 saturated carbocycles. The Balaban J connectivity index is 2.77. The Morgan fingerprint density at radius 3 is 2.52 bits per heavy atom. The summed E-state index contributed by atoms with van der Waals surface area (Å²) in [5, 5.41) is 9.19. The highest BCUT2D eigenvalue weighted by molar-refractivity contribution is 6.00. The molecule has 6 nitrogen and oxygen atoms in total. The zero-order chi connectivity index (χ0) is 15.7. The van der Waals surface area contributed by atoms with Crippen LogP contribution in [0.4, 0.5) is 0 Å². The first-order chi connectivity index (χ1) is 9.82. The molecular weight excluding hydrogens is 272 g/mol. The third kappa shape index (κ3) is 2.74. The molecule has 1 aromatic heterocycles. The fraction of sp³-hybridized carbons (Fsp3) is 0.400. The number of nitrogens with zero attached hydrogens (tertiary/aromatic N) is 1. The van der Waals surface area contributed by atoms with E-state index < -0.39 is 17.1 Å². The van der Waals surface area contributed by atoms with Gasteiger partial charge in [0, 0.05) is 6.54 Å². The van der Waals surface area contributed by atoms with Gasteiger partial charge < -0.3 is 14.7 Å². The minimum absolute atomic E-state index is 0.0180. The number of carbonyl (C=O) groups is 1. The van der Waals surface area contributed by atoms with Crippen LogP contribution in [0.1, 0.15) is 31.1 Å². The molecule has 21 heavy (non-hydrogen) atoms. The first-order valence-corrected chi connectivity index (χ1v) is 6.82. The van der Waals surface area contributed by atoms with Gasteiger partial charge in [-0.25, -0.2) is 4.79 Å². The number of para-hydroxylation sites is 1. The van der Waals surface area contributed by atoms with Crippen molar-refractivity contribution >= 4 is 17.0 Å². The Morgan fingerprint density at radius 2 is 1.95 bits per heavy atom. The minimum Gasteiger partial charge on any atom is -0.478 e. The molecule has 2 rings (SSSR count). The number of fused-ring (bicyclic) bond motifs is 1. The number of aromatic amines is 1. The van der Waals surface area contributed by atoms with E-state index in [2.05, 4.69) is 4.98 Å². The summed E-state index contributed by atoms with van der Waals surface area (Å²) in [6.07, 6.45) is 0. The number of benzene rings is 1. The molecule has 1 atom stereocenters. The molecule has 0 radical (unpaired) electrons. The van der Waals surface area contributed by atoms with Gasteiger partial charge in [0.15, 0.2) is 0 Å². The lowest BCUT2D eigenvalue weighted by molar-refractivity contribution is 0.0699. The van der Waals surface area contributed by atoms with Crippen molar-refractivity contribution in [3.8, 4) is 0 Å². The van der Waals surface area contributed by atoms with Gasteiger partial charge in [0.25, 0.3) is 0 Å². The van der Waals surface area contributed by atoms with E-state index in [-0.39, 0.29) is 17.0 Å². The van der Waals surface area contributed by atoms with Crippen molar-refractivity contribution in [3.63, 3.8) is 0 Å². The Kier molecular flexibility index (Phi) is 3.97. The average molecular weight is 290 g/mol. The first-order valence-electron chi connectivity index (χ1n) is 6.82. The van der Waals surface area contributed by atoms with E-state index >= 15 is 0 Å². The summed E-state index contributed by atoms with van der Waals surface area (Å²) < 4.78 is 1.37. The van der Waals surface area contributed by atoms with E-state index in [0.717, 1.165) is 0 Å². The number of nitrogens with one attached hydrogen (secondary N) is 1. The normalized spacial score (nSPS) is 12.8. The average Bonchev–Trinajstić information content (AvgIpc) is 2.42. The van der Waals surface area contributed by atoms with Crippen molar-refractivity contribution in [2.24, 2.45) is 11.8 Å². The number of hydrogen-bond donors (Lipinski definition) is 2. The van der Waals surface area contributed by atoms with Crippen LogP contribution in [0.3, 0.4) is 0 Å². The number of rotatable bonds is 4. The molecule has 0 fully saturated rings. The van der Waals surface area contributed by atoms with Crippen LogP contribution < -0.4 is 11.1 Å². The summed E-state index contributed by atoms with van der Waals surface area (Å²) in [5.41, 5.74) is -0.849. The molecule has 0 spiro atoms. The third-order valence-corrected chi connectivity index (χ3v) is 3.85. The number of carboxylic acids is 1. The lowest BCUT2D eigenvalue weighted by Gasteiger charge is -2.18. The van der Waals surface area contributed by atoms with E-state index in [1.54, 1.807) is 12.1 Å². The predicted molar refractivity (Wildman–Crippen MR) is 79.8 cm³/mol. The molecule has 2 aromatic rings. The van der Waals surface area contributed by atoms with Crippen molar-refractivity contribution < 1.29 is 9.90 Å². The quantitative estimate of drug-likeness (QED) is 0.838. The van der Waals surface area contributed by atoms with Gasteiger partial charge in [-0.05, 0) is 24.0 Å². The second kappa shape index (κ2) is 5.55. The fourth-order valence-corrected chi connectivity index (χ4v) is 2.15. The standard InChI is InChI=1S/C15H18N2O4/c1-8(2)9(3)7-17-11-6-4-5-10(15(20)21)12(11)16-13(18)14(17)19/h4-6,8-9H,7H2,1-3H3,(H,16,18)(H,20,21). The van der Waals surface area contributed by atoms with Gasteiger partial charge in [-0.2, -0.15) is 0 Å². The van der Waals surface area contributed by atoms with Gasteiger partial charge in [-0.15, -0.1) is 0 Å². The highest BCUT2D eigenvalue weighted by Crippen LogP contribution is 2.17. The zero-order valence-electron chi connectivity index (χ0n) is 12.2. The van der Waals surface area contributed by atoms with Crippen molar-refractivity contribution in [1.82, 2.24) is 9.55 Å². The molecule has 112 valence electrons. The van der Waals surface area contributed by atoms with E-state index in [0.29, 0.717) is 18.0 Å². The van der Waals surface area contributed by atoms with Crippen LogP contribution in [-0.2, 0) is 6.54 Å². The predicted octanol–water partition coefficient (Wildman–Crippen LogP) is 1.68. The van der Waals surface area contributed by atoms with Crippen LogP contribution in [0.25, 0.3) is 11.0 Å². The molecule has 1 aromatic carbocycles. The highest BCUT2D eigenvalue weighted by Gasteiger charge is 2.16. The van der Waals surface area contributed by atoms with Gasteiger partial charge in [0.2, 0.25) is 0 Å². The minimum atomic E-state index is -1.14. The monoisotopic (exact) mass is 290 g/mol. The van der Waals surface area contributed by atoms with Gasteiger partial charge in [0.1, 0.15) is 0 Å². The number of aromatic nitrogens is 2. The van der Waals surface area contributed by atoms with E-state index in [9.17, 15) is 19.5 Å². The summed E-state index contributed by atoms with van der Waals surface area (Å²) in [4.78, 5) is 37.5. The molecule has 0 bridgehead atoms. The number of hydrogen-bond acceptors (Lipinski definition) is 3. The Morgan fingerprint density at radius 1 is 1.29 bits per heavy atom. The second-order valence-corrected chi connectivity index (χ2v) is 5.60. The van der Waals surface area contributed by atoms with Crippen molar-refractivity contribution in [1.29, 1.82) is 0 Å². The molecule has 2 N–H and O–H groups in total. The van der Waals surface area contributed by atoms with E-state index in [4.69, 9.17) is 0 Å². The molecular formula is C15H18N2O4. The van der Waals surface area contributed by atoms with Gasteiger partial charge in [-0.1, -0.05) is 26.8 Å². The smallest absolute Gasteiger partial charge is 0.337 e. The summed E-state index contributed by atoms with van der Waals surface area (Å²) >= 11 is 0. The van der Waals surface area contributed by atoms with E-state index in [1.807, 2.05) is 20.8 Å². The Labute approximate surface area is 121 Å². The maximum atomic E-state index is 12.1. The maximum Gasteiger partial charge on any atom is 0.337 e. The maximum absolute atomic E-state index is 12.1. The molecule has 0 amide bonds. The summed E-state index contributed by atoms with van der Waals surface area (Å²) in [6.45, 7) is 6.44. The van der Waals surface area contributed by atoms with Crippen molar-refractivity contribution in [2.75, 3.05) is 0 Å². The summed E-state index contributed by atoms with van der Waals surface area (Å²) in [6, 6.07) is 4.62. The molecule has 0 aliphatic rings. The lowest BCUT2D eigenvalue weighted by atomic mass is 9.98. The SMILES string of the molecule is CC(C)C(C)Cn1c(=O)c(=O)[nH]c2c(C(=O)O)cccc21. The molecule has 6 heteroatoms. The third-order valence-electron chi connectivity index (χ3n) is 3.85. The largest absolute Gasteiger partial charge is 0.478 e. The van der Waals surface area contributed by atoms with E-state index in [1.165, 1.54) is 10.6 Å². The number of aromatic carboxylic acids is 1. The van der Waals surface area contributed by atoms with Crippen LogP contribution in [0.5, 0.6) is 0 Å². The van der Waals surface area contributed by atoms with Crippen LogP contribution >= 0.6 is 0 Å². The first kappa shape index (κ1) is 15.0. The van der Waals surface area contributed by atoms with Crippen LogP contribution in [0, 0.1) is 11.8 Å². The number of carboxylic acid groups (broad SMARTS) is 1. The van der Waals surface area contributed by atoms with Crippen molar-refractivity contribution in [2.45, 2.75) is 27.3 Å². The van der Waals surface area contributed by atoms with Crippen LogP contribution in [0.15, 0.2) is 27.8 Å². The van der Waals surface area contributed by atoms with Gasteiger partial charge in [0.05, 0.1) is 16.6 Å². The van der Waals surface area contributed by atoms with Crippen LogP contribution in [0.2, 0.25) is 0 Å². The second-order valence-electron chi connectivity index (χ2n) is 5.60. The van der Waals surface area contributed by atoms with Gasteiger partial charge in [-0.3, -0.25) is 9.59 Å². The lowest BCUT2D eigenvalue weighted by Crippen LogP contribution is -2.38. The summed E-state index contributed by atoms with van der Waals surface area (Å²) in [7, 11) is 0. The molecule has 0 aliphatic carbocycles. The Bertz CT molecular complexity index is 801. The molecule has 0 aliphatic heterocycles. The summed E-state index contributed by atoms with van der Waals surface area (Å²) in [5.74, 6) is -0.617.